The predicted octanol–water partition coefficient (Wildman–Crippen LogP) is -2.42. The van der Waals surface area contributed by atoms with E-state index in [0.29, 0.717) is 45.1 Å². The molecule has 17 N–H and O–H groups in total. The minimum absolute atomic E-state index is 0.0481. The standard InChI is InChI=1S/C45H84N14O11S2/c1-7-27(2)36-43(68)56-31(18-14-24-53-45(46)47)39(64)55-32(19-20-35(60)61)41(66)58-34(44(69)70)26-72-71-25-33(42(67)59-36)57-40(65)30(54-38(63)29(51-6)16-9-12-22-49-4)17-10-13-23-52-37(62)28(50-5)15-8-11-21-48-3/h27-34,36,48-51H,7-26H2,1-6H3,(H,52,62)(H,54,63)(H,55,64)(H,56,68)(H,57,65)(H,58,66)(H,59,67)(H,60,61)(H,69,70)(H4,46,47,53)/t27-,28-,29-,30-,31-,32-,33-,34-,36-/m0/s1. The number of aliphatic carboxylic acids is 2. The van der Waals surface area contributed by atoms with Gasteiger partial charge in [0, 0.05) is 31.0 Å². The largest absolute Gasteiger partial charge is 0.481 e. The van der Waals surface area contributed by atoms with Gasteiger partial charge in [0.25, 0.3) is 0 Å². The van der Waals surface area contributed by atoms with Gasteiger partial charge in [0.05, 0.1) is 12.1 Å². The molecule has 72 heavy (non-hydrogen) atoms. The van der Waals surface area contributed by atoms with Gasteiger partial charge in [-0.3, -0.25) is 43.3 Å². The van der Waals surface area contributed by atoms with Gasteiger partial charge in [-0.25, -0.2) is 4.79 Å². The lowest BCUT2D eigenvalue weighted by Crippen LogP contribution is -2.61. The van der Waals surface area contributed by atoms with Crippen molar-refractivity contribution in [2.75, 3.05) is 65.9 Å². The molecule has 7 amide bonds. The number of carboxylic acid groups (broad SMARTS) is 2. The molecule has 1 aliphatic rings. The molecule has 0 aromatic carbocycles. The lowest BCUT2D eigenvalue weighted by molar-refractivity contribution is -0.142. The van der Waals surface area contributed by atoms with E-state index in [1.165, 1.54) is 0 Å². The Morgan fingerprint density at radius 3 is 1.76 bits per heavy atom. The number of amides is 7. The fourth-order valence-corrected chi connectivity index (χ4v) is 9.72. The van der Waals surface area contributed by atoms with E-state index in [1.54, 1.807) is 27.9 Å². The molecule has 0 bridgehead atoms. The Morgan fingerprint density at radius 2 is 1.21 bits per heavy atom. The van der Waals surface area contributed by atoms with Crippen LogP contribution in [0.1, 0.15) is 104 Å². The van der Waals surface area contributed by atoms with Crippen LogP contribution >= 0.6 is 21.6 Å². The lowest BCUT2D eigenvalue weighted by Gasteiger charge is -2.29. The molecule has 0 spiro atoms. The third kappa shape index (κ3) is 26.7. The van der Waals surface area contributed by atoms with Gasteiger partial charge in [0.15, 0.2) is 5.96 Å². The van der Waals surface area contributed by atoms with Crippen molar-refractivity contribution < 1.29 is 53.4 Å². The highest BCUT2D eigenvalue weighted by Crippen LogP contribution is 2.24. The number of likely N-dealkylation sites (N-methyl/N-ethyl adjacent to an activating group) is 2. The van der Waals surface area contributed by atoms with E-state index < -0.39 is 108 Å². The first kappa shape index (κ1) is 65.1. The van der Waals surface area contributed by atoms with Gasteiger partial charge in [-0.05, 0) is 111 Å². The molecule has 0 aromatic rings. The second kappa shape index (κ2) is 37.7. The van der Waals surface area contributed by atoms with E-state index in [2.05, 4.69) is 63.5 Å². The van der Waals surface area contributed by atoms with Crippen LogP contribution in [0.25, 0.3) is 0 Å². The Balaban J connectivity index is 3.63. The molecule has 27 heteroatoms. The summed E-state index contributed by atoms with van der Waals surface area (Å²) in [5.74, 6) is -8.68. The number of nitrogens with zero attached hydrogens (tertiary/aromatic N) is 1. The maximum atomic E-state index is 14.4. The van der Waals surface area contributed by atoms with Crippen molar-refractivity contribution in [1.82, 2.24) is 58.5 Å². The zero-order chi connectivity index (χ0) is 54.0. The van der Waals surface area contributed by atoms with Crippen LogP contribution in [-0.4, -0.2) is 184 Å². The number of hydrogen-bond acceptors (Lipinski definition) is 16. The molecule has 0 aromatic heterocycles. The first-order valence-corrected chi connectivity index (χ1v) is 27.3. The monoisotopic (exact) mass is 1060 g/mol. The number of rotatable bonds is 32. The van der Waals surface area contributed by atoms with E-state index in [4.69, 9.17) is 11.5 Å². The zero-order valence-corrected chi connectivity index (χ0v) is 44.5. The van der Waals surface area contributed by atoms with Crippen molar-refractivity contribution in [2.45, 2.75) is 152 Å². The first-order valence-electron chi connectivity index (χ1n) is 24.8. The molecule has 1 heterocycles. The molecule has 0 unspecified atom stereocenters. The van der Waals surface area contributed by atoms with Crippen LogP contribution in [0.3, 0.4) is 0 Å². The van der Waals surface area contributed by atoms with E-state index in [-0.39, 0.29) is 55.2 Å². The van der Waals surface area contributed by atoms with Crippen molar-refractivity contribution in [1.29, 1.82) is 0 Å². The Bertz CT molecular complexity index is 1750. The second-order valence-corrected chi connectivity index (χ2v) is 20.2. The number of nitrogens with two attached hydrogens (primary N) is 2. The summed E-state index contributed by atoms with van der Waals surface area (Å²) in [6.07, 6.45) is 4.85. The molecule has 1 aliphatic heterocycles. The summed E-state index contributed by atoms with van der Waals surface area (Å²) in [5.41, 5.74) is 10.9. The molecular weight excluding hydrogens is 977 g/mol. The highest BCUT2D eigenvalue weighted by Gasteiger charge is 2.36. The zero-order valence-electron chi connectivity index (χ0n) is 42.8. The van der Waals surface area contributed by atoms with Crippen LogP contribution in [0.2, 0.25) is 0 Å². The fourth-order valence-electron chi connectivity index (χ4n) is 7.40. The number of carboxylic acids is 2. The first-order chi connectivity index (χ1) is 34.3. The quantitative estimate of drug-likeness (QED) is 0.0144. The molecule has 9 atom stereocenters. The van der Waals surface area contributed by atoms with Crippen LogP contribution in [0.15, 0.2) is 4.99 Å². The van der Waals surface area contributed by atoms with Crippen LogP contribution in [0.4, 0.5) is 0 Å². The summed E-state index contributed by atoms with van der Waals surface area (Å²) in [7, 11) is 9.02. The maximum Gasteiger partial charge on any atom is 0.327 e. The highest BCUT2D eigenvalue weighted by molar-refractivity contribution is 8.76. The number of aliphatic imine (C=N–C) groups is 1. The average molecular weight is 1060 g/mol. The molecule has 1 fully saturated rings. The summed E-state index contributed by atoms with van der Waals surface area (Å²) < 4.78 is 0. The van der Waals surface area contributed by atoms with Crippen molar-refractivity contribution in [3.8, 4) is 0 Å². The van der Waals surface area contributed by atoms with E-state index >= 15 is 0 Å². The number of unbranched alkanes of at least 4 members (excludes halogenated alkanes) is 3. The summed E-state index contributed by atoms with van der Waals surface area (Å²) in [6.45, 7) is 5.43. The molecule has 0 aliphatic carbocycles. The Labute approximate surface area is 431 Å². The number of guanidine groups is 1. The third-order valence-electron chi connectivity index (χ3n) is 12.0. The Hall–Kier alpha value is -4.96. The second-order valence-electron chi connectivity index (χ2n) is 17.6. The molecular formula is C45H84N14O11S2. The van der Waals surface area contributed by atoms with Gasteiger partial charge in [0.2, 0.25) is 41.4 Å². The summed E-state index contributed by atoms with van der Waals surface area (Å²) in [6, 6.07) is -9.25. The van der Waals surface area contributed by atoms with Crippen LogP contribution in [0, 0.1) is 5.92 Å². The maximum absolute atomic E-state index is 14.4. The van der Waals surface area contributed by atoms with Gasteiger partial charge >= 0.3 is 11.9 Å². The minimum atomic E-state index is -1.54. The van der Waals surface area contributed by atoms with E-state index in [1.807, 2.05) is 14.1 Å². The van der Waals surface area contributed by atoms with Crippen molar-refractivity contribution >= 4 is 80.8 Å². The van der Waals surface area contributed by atoms with E-state index in [9.17, 15) is 53.4 Å². The summed E-state index contributed by atoms with van der Waals surface area (Å²) in [5, 5.41) is 50.5. The fraction of sp³-hybridized carbons (Fsp3) is 0.778. The van der Waals surface area contributed by atoms with Crippen molar-refractivity contribution in [3.63, 3.8) is 0 Å². The number of hydrogen-bond donors (Lipinski definition) is 15. The third-order valence-corrected chi connectivity index (χ3v) is 14.4. The molecule has 1 rings (SSSR count). The van der Waals surface area contributed by atoms with Crippen LogP contribution < -0.4 is 70.0 Å². The topological polar surface area (TPSA) is 391 Å². The lowest BCUT2D eigenvalue weighted by atomic mass is 9.97. The van der Waals surface area contributed by atoms with Crippen molar-refractivity contribution in [3.05, 3.63) is 0 Å². The van der Waals surface area contributed by atoms with Crippen molar-refractivity contribution in [2.24, 2.45) is 22.4 Å². The molecule has 25 nitrogen and oxygen atoms in total. The van der Waals surface area contributed by atoms with Gasteiger partial charge in [-0.15, -0.1) is 0 Å². The molecule has 0 radical (unpaired) electrons. The summed E-state index contributed by atoms with van der Waals surface area (Å²) >= 11 is 0. The van der Waals surface area contributed by atoms with E-state index in [0.717, 1.165) is 53.9 Å². The van der Waals surface area contributed by atoms with Gasteiger partial charge in [0.1, 0.15) is 36.3 Å². The van der Waals surface area contributed by atoms with Crippen LogP contribution in [0.5, 0.6) is 0 Å². The Morgan fingerprint density at radius 1 is 0.667 bits per heavy atom. The number of carbonyl (C=O) groups excluding carboxylic acids is 7. The normalized spacial score (nSPS) is 20.9. The smallest absolute Gasteiger partial charge is 0.327 e. The average Bonchev–Trinajstić information content (AvgIpc) is 3.34. The number of nitrogens with one attached hydrogen (secondary N) is 11. The molecule has 0 saturated carbocycles. The highest BCUT2D eigenvalue weighted by atomic mass is 33.1. The minimum Gasteiger partial charge on any atom is -0.481 e. The van der Waals surface area contributed by atoms with Gasteiger partial charge < -0.3 is 80.2 Å². The number of carbonyl (C=O) groups is 9. The molecule has 412 valence electrons. The predicted molar refractivity (Wildman–Crippen MR) is 278 cm³/mol. The van der Waals surface area contributed by atoms with Gasteiger partial charge in [-0.1, -0.05) is 54.7 Å². The molecule has 1 saturated heterocycles. The van der Waals surface area contributed by atoms with Gasteiger partial charge in [-0.2, -0.15) is 0 Å². The SMILES string of the molecule is CC[C@H](C)[C@@H]1NC(=O)[C@@H](NC(=O)[C@H](CCCCNC(=O)[C@H](CCCCNC)NC)NC(=O)[C@H](CCCCNC)NC)CSSC[C@@H](C(=O)O)NC(=O)[C@H](CCC(=O)O)NC(=O)[C@H](CCCN=C(N)N)NC1=O. The Kier molecular flexibility index (Phi) is 34.1. The summed E-state index contributed by atoms with van der Waals surface area (Å²) in [4.78, 5) is 125. The van der Waals surface area contributed by atoms with Crippen LogP contribution in [-0.2, 0) is 43.2 Å².